The number of halogens is 1. The van der Waals surface area contributed by atoms with Crippen molar-refractivity contribution in [1.29, 1.82) is 0 Å². The van der Waals surface area contributed by atoms with Crippen molar-refractivity contribution in [2.75, 3.05) is 5.32 Å². The SMILES string of the molecule is CCC1(O[Si](C)(C)C(C)(C)C)C(=O)Nc2ccc(Br)cc21. The lowest BCUT2D eigenvalue weighted by molar-refractivity contribution is -0.132. The molecule has 2 rings (SSSR count). The minimum absolute atomic E-state index is 0.0390. The monoisotopic (exact) mass is 369 g/mol. The lowest BCUT2D eigenvalue weighted by Gasteiger charge is -2.43. The summed E-state index contributed by atoms with van der Waals surface area (Å²) >= 11 is 3.50. The molecule has 116 valence electrons. The minimum Gasteiger partial charge on any atom is -0.399 e. The van der Waals surface area contributed by atoms with Crippen LogP contribution < -0.4 is 5.32 Å². The van der Waals surface area contributed by atoms with Gasteiger partial charge in [0.25, 0.3) is 5.91 Å². The van der Waals surface area contributed by atoms with Crippen molar-refractivity contribution in [3.63, 3.8) is 0 Å². The molecule has 0 saturated heterocycles. The highest BCUT2D eigenvalue weighted by Gasteiger charge is 2.52. The Morgan fingerprint density at radius 3 is 2.48 bits per heavy atom. The molecule has 21 heavy (non-hydrogen) atoms. The first kappa shape index (κ1) is 16.7. The molecule has 0 radical (unpaired) electrons. The number of rotatable bonds is 3. The normalized spacial score (nSPS) is 22.1. The molecule has 5 heteroatoms. The Labute approximate surface area is 136 Å². The summed E-state index contributed by atoms with van der Waals surface area (Å²) in [6, 6.07) is 5.88. The van der Waals surface area contributed by atoms with Crippen LogP contribution in [-0.4, -0.2) is 14.2 Å². The van der Waals surface area contributed by atoms with Crippen LogP contribution >= 0.6 is 15.9 Å². The van der Waals surface area contributed by atoms with Gasteiger partial charge in [-0.05, 0) is 42.8 Å². The third kappa shape index (κ3) is 2.71. The van der Waals surface area contributed by atoms with E-state index < -0.39 is 13.9 Å². The van der Waals surface area contributed by atoms with Gasteiger partial charge in [0.1, 0.15) is 0 Å². The molecule has 1 aromatic carbocycles. The maximum absolute atomic E-state index is 12.7. The molecule has 0 aromatic heterocycles. The summed E-state index contributed by atoms with van der Waals surface area (Å²) in [6.07, 6.45) is 0.634. The number of hydrogen-bond donors (Lipinski definition) is 1. The smallest absolute Gasteiger partial charge is 0.260 e. The summed E-state index contributed by atoms with van der Waals surface area (Å²) in [5.41, 5.74) is 0.959. The van der Waals surface area contributed by atoms with Gasteiger partial charge in [-0.2, -0.15) is 0 Å². The van der Waals surface area contributed by atoms with Crippen molar-refractivity contribution in [3.05, 3.63) is 28.2 Å². The van der Waals surface area contributed by atoms with Gasteiger partial charge >= 0.3 is 0 Å². The summed E-state index contributed by atoms with van der Waals surface area (Å²) in [5, 5.41) is 3.04. The van der Waals surface area contributed by atoms with Gasteiger partial charge in [0, 0.05) is 15.7 Å². The molecule has 1 aliphatic rings. The highest BCUT2D eigenvalue weighted by molar-refractivity contribution is 9.10. The Balaban J connectivity index is 2.53. The summed E-state index contributed by atoms with van der Waals surface area (Å²) in [5.74, 6) is -0.0390. The summed E-state index contributed by atoms with van der Waals surface area (Å²) in [6.45, 7) is 13.0. The molecule has 0 spiro atoms. The highest BCUT2D eigenvalue weighted by atomic mass is 79.9. The van der Waals surface area contributed by atoms with E-state index >= 15 is 0 Å². The van der Waals surface area contributed by atoms with E-state index in [1.54, 1.807) is 0 Å². The molecule has 1 atom stereocenters. The Morgan fingerprint density at radius 1 is 1.33 bits per heavy atom. The first-order valence-electron chi connectivity index (χ1n) is 7.35. The maximum Gasteiger partial charge on any atom is 0.260 e. The topological polar surface area (TPSA) is 38.3 Å². The van der Waals surface area contributed by atoms with Crippen LogP contribution in [-0.2, 0) is 14.8 Å². The van der Waals surface area contributed by atoms with E-state index in [9.17, 15) is 4.79 Å². The Kier molecular flexibility index (Phi) is 4.15. The van der Waals surface area contributed by atoms with Gasteiger partial charge in [0.15, 0.2) is 13.9 Å². The van der Waals surface area contributed by atoms with Crippen molar-refractivity contribution in [2.24, 2.45) is 0 Å². The number of nitrogens with one attached hydrogen (secondary N) is 1. The van der Waals surface area contributed by atoms with Crippen LogP contribution in [0.5, 0.6) is 0 Å². The predicted molar refractivity (Wildman–Crippen MR) is 93.0 cm³/mol. The summed E-state index contributed by atoms with van der Waals surface area (Å²) < 4.78 is 7.57. The second-order valence-electron chi connectivity index (χ2n) is 7.19. The number of hydrogen-bond acceptors (Lipinski definition) is 2. The van der Waals surface area contributed by atoms with Crippen molar-refractivity contribution in [1.82, 2.24) is 0 Å². The molecular weight excluding hydrogens is 346 g/mol. The zero-order valence-corrected chi connectivity index (χ0v) is 16.2. The fourth-order valence-electron chi connectivity index (χ4n) is 2.42. The maximum atomic E-state index is 12.7. The molecule has 1 aliphatic heterocycles. The molecule has 1 N–H and O–H groups in total. The molecule has 1 unspecified atom stereocenters. The van der Waals surface area contributed by atoms with E-state index in [2.05, 4.69) is 55.1 Å². The summed E-state index contributed by atoms with van der Waals surface area (Å²) in [7, 11) is -2.07. The van der Waals surface area contributed by atoms with Gasteiger partial charge in [-0.1, -0.05) is 43.6 Å². The fraction of sp³-hybridized carbons (Fsp3) is 0.562. The Bertz CT molecular complexity index is 580. The third-order valence-electron chi connectivity index (χ3n) is 4.77. The van der Waals surface area contributed by atoms with E-state index in [1.165, 1.54) is 0 Å². The average Bonchev–Trinajstić information content (AvgIpc) is 2.61. The number of amides is 1. The van der Waals surface area contributed by atoms with E-state index in [-0.39, 0.29) is 10.9 Å². The standard InChI is InChI=1S/C16H24BrNO2Si/c1-7-16(20-21(5,6)15(2,3)4)12-10-11(17)8-9-13(12)18-14(16)19/h8-10H,7H2,1-6H3,(H,18,19). The highest BCUT2D eigenvalue weighted by Crippen LogP contribution is 2.48. The second-order valence-corrected chi connectivity index (χ2v) is 12.8. The van der Waals surface area contributed by atoms with E-state index in [0.29, 0.717) is 6.42 Å². The summed E-state index contributed by atoms with van der Waals surface area (Å²) in [4.78, 5) is 12.7. The van der Waals surface area contributed by atoms with Crippen LogP contribution in [0.3, 0.4) is 0 Å². The number of fused-ring (bicyclic) bond motifs is 1. The molecule has 0 aliphatic carbocycles. The first-order valence-corrected chi connectivity index (χ1v) is 11.1. The van der Waals surface area contributed by atoms with Crippen LogP contribution in [0.15, 0.2) is 22.7 Å². The van der Waals surface area contributed by atoms with E-state index in [4.69, 9.17) is 4.43 Å². The fourth-order valence-corrected chi connectivity index (χ4v) is 4.30. The lowest BCUT2D eigenvalue weighted by Crippen LogP contribution is -2.51. The largest absolute Gasteiger partial charge is 0.399 e. The Morgan fingerprint density at radius 2 is 1.95 bits per heavy atom. The molecule has 1 aromatic rings. The van der Waals surface area contributed by atoms with Gasteiger partial charge in [0.2, 0.25) is 0 Å². The molecule has 1 heterocycles. The molecule has 0 bridgehead atoms. The first-order chi connectivity index (χ1) is 9.53. The minimum atomic E-state index is -2.07. The zero-order chi connectivity index (χ0) is 16.1. The molecule has 1 amide bonds. The van der Waals surface area contributed by atoms with Gasteiger partial charge in [-0.15, -0.1) is 0 Å². The predicted octanol–water partition coefficient (Wildman–Crippen LogP) is 5.03. The lowest BCUT2D eigenvalue weighted by atomic mass is 9.93. The van der Waals surface area contributed by atoms with Gasteiger partial charge < -0.3 is 9.74 Å². The molecule has 3 nitrogen and oxygen atoms in total. The van der Waals surface area contributed by atoms with E-state index in [1.807, 2.05) is 25.1 Å². The number of carbonyl (C=O) groups excluding carboxylic acids is 1. The van der Waals surface area contributed by atoms with Gasteiger partial charge in [-0.25, -0.2) is 0 Å². The number of benzene rings is 1. The van der Waals surface area contributed by atoms with Gasteiger partial charge in [-0.3, -0.25) is 4.79 Å². The third-order valence-corrected chi connectivity index (χ3v) is 9.73. The quantitative estimate of drug-likeness (QED) is 0.758. The van der Waals surface area contributed by atoms with Crippen LogP contribution in [0.1, 0.15) is 39.7 Å². The average molecular weight is 370 g/mol. The van der Waals surface area contributed by atoms with Crippen molar-refractivity contribution in [2.45, 2.75) is 57.8 Å². The Hall–Kier alpha value is -0.653. The van der Waals surface area contributed by atoms with Gasteiger partial charge in [0.05, 0.1) is 0 Å². The van der Waals surface area contributed by atoms with Crippen LogP contribution in [0, 0.1) is 0 Å². The van der Waals surface area contributed by atoms with Crippen molar-refractivity contribution in [3.8, 4) is 0 Å². The van der Waals surface area contributed by atoms with E-state index in [0.717, 1.165) is 15.7 Å². The van der Waals surface area contributed by atoms with Crippen LogP contribution in [0.4, 0.5) is 5.69 Å². The number of carbonyl (C=O) groups is 1. The second kappa shape index (κ2) is 5.21. The zero-order valence-electron chi connectivity index (χ0n) is 13.6. The van der Waals surface area contributed by atoms with Crippen LogP contribution in [0.25, 0.3) is 0 Å². The van der Waals surface area contributed by atoms with Crippen LogP contribution in [0.2, 0.25) is 18.1 Å². The van der Waals surface area contributed by atoms with Crippen molar-refractivity contribution < 1.29 is 9.22 Å². The van der Waals surface area contributed by atoms with Crippen molar-refractivity contribution >= 4 is 35.8 Å². The molecule has 0 saturated carbocycles. The number of anilines is 1. The molecular formula is C16H24BrNO2Si. The molecule has 0 fully saturated rings.